The lowest BCUT2D eigenvalue weighted by atomic mass is 10.2. The number of anilines is 2. The number of nitrogens with one attached hydrogen (secondary N) is 1. The standard InChI is InChI=1S/C14H21N3O2/c1-3-5-9-8-11(9)17-13-12(15)10(6-7-16-13)14(18)19-4-2/h6-7,9,11H,3-5,8,15H2,1-2H3,(H,16,17). The highest BCUT2D eigenvalue weighted by molar-refractivity contribution is 5.97. The van der Waals surface area contributed by atoms with Crippen LogP contribution in [0.25, 0.3) is 0 Å². The summed E-state index contributed by atoms with van der Waals surface area (Å²) in [6, 6.07) is 2.03. The monoisotopic (exact) mass is 263 g/mol. The van der Waals surface area contributed by atoms with Crippen LogP contribution in [0, 0.1) is 5.92 Å². The van der Waals surface area contributed by atoms with E-state index in [2.05, 4.69) is 17.2 Å². The third kappa shape index (κ3) is 3.16. The van der Waals surface area contributed by atoms with Gasteiger partial charge in [-0.1, -0.05) is 13.3 Å². The average Bonchev–Trinajstić information content (AvgIpc) is 3.11. The van der Waals surface area contributed by atoms with Crippen LogP contribution in [-0.2, 0) is 4.74 Å². The lowest BCUT2D eigenvalue weighted by Gasteiger charge is -2.11. The Labute approximate surface area is 113 Å². The minimum absolute atomic E-state index is 0.338. The zero-order chi connectivity index (χ0) is 13.8. The van der Waals surface area contributed by atoms with Crippen LogP contribution in [0.15, 0.2) is 12.3 Å². The van der Waals surface area contributed by atoms with Crippen molar-refractivity contribution in [3.05, 3.63) is 17.8 Å². The van der Waals surface area contributed by atoms with Gasteiger partial charge in [-0.05, 0) is 31.7 Å². The van der Waals surface area contributed by atoms with Crippen molar-refractivity contribution in [3.63, 3.8) is 0 Å². The molecule has 1 aliphatic rings. The molecule has 1 aromatic rings. The Morgan fingerprint density at radius 1 is 1.58 bits per heavy atom. The number of nitrogens with two attached hydrogens (primary N) is 1. The van der Waals surface area contributed by atoms with E-state index in [4.69, 9.17) is 10.5 Å². The van der Waals surface area contributed by atoms with Crippen LogP contribution in [0.1, 0.15) is 43.5 Å². The quantitative estimate of drug-likeness (QED) is 0.771. The zero-order valence-electron chi connectivity index (χ0n) is 11.5. The van der Waals surface area contributed by atoms with Gasteiger partial charge in [0.05, 0.1) is 17.9 Å². The second-order valence-corrected chi connectivity index (χ2v) is 4.88. The predicted octanol–water partition coefficient (Wildman–Crippen LogP) is 2.44. The Hall–Kier alpha value is -1.78. The van der Waals surface area contributed by atoms with Gasteiger partial charge in [0.1, 0.15) is 5.82 Å². The van der Waals surface area contributed by atoms with Crippen molar-refractivity contribution in [2.24, 2.45) is 5.92 Å². The Morgan fingerprint density at radius 3 is 3.05 bits per heavy atom. The van der Waals surface area contributed by atoms with E-state index in [0.717, 1.165) is 6.42 Å². The highest BCUT2D eigenvalue weighted by atomic mass is 16.5. The van der Waals surface area contributed by atoms with Gasteiger partial charge in [-0.15, -0.1) is 0 Å². The molecule has 3 N–H and O–H groups in total. The normalized spacial score (nSPS) is 20.9. The number of pyridine rings is 1. The van der Waals surface area contributed by atoms with Crippen LogP contribution in [-0.4, -0.2) is 23.6 Å². The third-order valence-corrected chi connectivity index (χ3v) is 3.39. The molecule has 2 unspecified atom stereocenters. The summed E-state index contributed by atoms with van der Waals surface area (Å²) >= 11 is 0. The van der Waals surface area contributed by atoms with Crippen LogP contribution in [0.2, 0.25) is 0 Å². The molecular formula is C14H21N3O2. The fraction of sp³-hybridized carbons (Fsp3) is 0.571. The molecule has 0 aromatic carbocycles. The maximum absolute atomic E-state index is 11.7. The van der Waals surface area contributed by atoms with Crippen molar-refractivity contribution >= 4 is 17.5 Å². The fourth-order valence-electron chi connectivity index (χ4n) is 2.26. The second-order valence-electron chi connectivity index (χ2n) is 4.88. The Balaban J connectivity index is 2.06. The van der Waals surface area contributed by atoms with Crippen molar-refractivity contribution in [3.8, 4) is 0 Å². The number of aromatic nitrogens is 1. The summed E-state index contributed by atoms with van der Waals surface area (Å²) in [6.07, 6.45) is 5.14. The number of ether oxygens (including phenoxy) is 1. The summed E-state index contributed by atoms with van der Waals surface area (Å²) in [7, 11) is 0. The van der Waals surface area contributed by atoms with E-state index in [1.54, 1.807) is 19.2 Å². The third-order valence-electron chi connectivity index (χ3n) is 3.39. The van der Waals surface area contributed by atoms with Gasteiger partial charge in [0.2, 0.25) is 0 Å². The van der Waals surface area contributed by atoms with Crippen molar-refractivity contribution < 1.29 is 9.53 Å². The molecule has 2 rings (SSSR count). The van der Waals surface area contributed by atoms with E-state index in [0.29, 0.717) is 35.6 Å². The second kappa shape index (κ2) is 5.91. The molecule has 5 heteroatoms. The molecule has 5 nitrogen and oxygen atoms in total. The summed E-state index contributed by atoms with van der Waals surface area (Å²) in [6.45, 7) is 4.29. The number of nitrogen functional groups attached to an aromatic ring is 1. The average molecular weight is 263 g/mol. The Bertz CT molecular complexity index is 462. The van der Waals surface area contributed by atoms with Gasteiger partial charge >= 0.3 is 5.97 Å². The molecule has 19 heavy (non-hydrogen) atoms. The van der Waals surface area contributed by atoms with E-state index in [1.165, 1.54) is 12.8 Å². The lowest BCUT2D eigenvalue weighted by molar-refractivity contribution is 0.0527. The van der Waals surface area contributed by atoms with Gasteiger partial charge < -0.3 is 15.8 Å². The SMILES string of the molecule is CCCC1CC1Nc1nccc(C(=O)OCC)c1N. The molecule has 0 radical (unpaired) electrons. The van der Waals surface area contributed by atoms with E-state index in [1.807, 2.05) is 0 Å². The first kappa shape index (κ1) is 13.6. The van der Waals surface area contributed by atoms with Crippen molar-refractivity contribution in [2.45, 2.75) is 39.2 Å². The highest BCUT2D eigenvalue weighted by Crippen LogP contribution is 2.38. The van der Waals surface area contributed by atoms with Gasteiger partial charge in [-0.2, -0.15) is 0 Å². The van der Waals surface area contributed by atoms with Gasteiger partial charge in [0, 0.05) is 12.2 Å². The van der Waals surface area contributed by atoms with Crippen LogP contribution in [0.4, 0.5) is 11.5 Å². The summed E-state index contributed by atoms with van der Waals surface area (Å²) in [5.41, 5.74) is 6.74. The van der Waals surface area contributed by atoms with E-state index >= 15 is 0 Å². The van der Waals surface area contributed by atoms with Crippen LogP contribution in [0.3, 0.4) is 0 Å². The largest absolute Gasteiger partial charge is 0.462 e. The van der Waals surface area contributed by atoms with Gasteiger partial charge in [-0.25, -0.2) is 9.78 Å². The summed E-state index contributed by atoms with van der Waals surface area (Å²) < 4.78 is 4.97. The number of nitrogens with zero attached hydrogens (tertiary/aromatic N) is 1. The maximum atomic E-state index is 11.7. The molecule has 0 aliphatic heterocycles. The molecule has 2 atom stereocenters. The first-order valence-electron chi connectivity index (χ1n) is 6.85. The molecule has 104 valence electrons. The zero-order valence-corrected chi connectivity index (χ0v) is 11.5. The van der Waals surface area contributed by atoms with Gasteiger partial charge in [-0.3, -0.25) is 0 Å². The van der Waals surface area contributed by atoms with Crippen molar-refractivity contribution in [1.29, 1.82) is 0 Å². The summed E-state index contributed by atoms with van der Waals surface area (Å²) in [5, 5.41) is 3.31. The van der Waals surface area contributed by atoms with E-state index in [-0.39, 0.29) is 0 Å². The molecule has 0 saturated heterocycles. The Morgan fingerprint density at radius 2 is 2.37 bits per heavy atom. The molecule has 1 aliphatic carbocycles. The lowest BCUT2D eigenvalue weighted by Crippen LogP contribution is -2.13. The number of hydrogen-bond donors (Lipinski definition) is 2. The molecular weight excluding hydrogens is 242 g/mol. The number of carbonyl (C=O) groups excluding carboxylic acids is 1. The molecule has 1 saturated carbocycles. The van der Waals surface area contributed by atoms with Gasteiger partial charge in [0.15, 0.2) is 0 Å². The first-order valence-corrected chi connectivity index (χ1v) is 6.85. The molecule has 1 heterocycles. The first-order chi connectivity index (χ1) is 9.17. The molecule has 1 fully saturated rings. The number of rotatable bonds is 6. The smallest absolute Gasteiger partial charge is 0.340 e. The maximum Gasteiger partial charge on any atom is 0.340 e. The molecule has 0 amide bonds. The minimum atomic E-state index is -0.397. The number of hydrogen-bond acceptors (Lipinski definition) is 5. The molecule has 0 spiro atoms. The molecule has 0 bridgehead atoms. The van der Waals surface area contributed by atoms with Crippen LogP contribution < -0.4 is 11.1 Å². The van der Waals surface area contributed by atoms with Crippen molar-refractivity contribution in [2.75, 3.05) is 17.7 Å². The topological polar surface area (TPSA) is 77.2 Å². The number of carbonyl (C=O) groups is 1. The highest BCUT2D eigenvalue weighted by Gasteiger charge is 2.36. The predicted molar refractivity (Wildman–Crippen MR) is 75.0 cm³/mol. The fourth-order valence-corrected chi connectivity index (χ4v) is 2.26. The van der Waals surface area contributed by atoms with E-state index in [9.17, 15) is 4.79 Å². The number of esters is 1. The minimum Gasteiger partial charge on any atom is -0.462 e. The van der Waals surface area contributed by atoms with Crippen LogP contribution >= 0.6 is 0 Å². The summed E-state index contributed by atoms with van der Waals surface area (Å²) in [5.74, 6) is 0.901. The van der Waals surface area contributed by atoms with Crippen molar-refractivity contribution in [1.82, 2.24) is 4.98 Å². The molecule has 1 aromatic heterocycles. The van der Waals surface area contributed by atoms with E-state index < -0.39 is 5.97 Å². The van der Waals surface area contributed by atoms with Gasteiger partial charge in [0.25, 0.3) is 0 Å². The van der Waals surface area contributed by atoms with Crippen LogP contribution in [0.5, 0.6) is 0 Å². The Kier molecular flexibility index (Phi) is 4.24. The summed E-state index contributed by atoms with van der Waals surface area (Å²) in [4.78, 5) is 15.9.